The van der Waals surface area contributed by atoms with Gasteiger partial charge in [0.05, 0.1) is 19.4 Å². The lowest BCUT2D eigenvalue weighted by molar-refractivity contribution is -0.131. The van der Waals surface area contributed by atoms with Crippen LogP contribution in [0.1, 0.15) is 35.4 Å². The van der Waals surface area contributed by atoms with Crippen molar-refractivity contribution in [1.82, 2.24) is 4.98 Å². The monoisotopic (exact) mass is 541 g/mol. The van der Waals surface area contributed by atoms with Crippen LogP contribution >= 0.6 is 27.7 Å². The first-order valence-corrected chi connectivity index (χ1v) is 13.0. The number of thioether (sulfide) groups is 1. The van der Waals surface area contributed by atoms with E-state index < -0.39 is 5.97 Å². The lowest BCUT2D eigenvalue weighted by atomic mass is 10.1. The van der Waals surface area contributed by atoms with Crippen molar-refractivity contribution in [3.63, 3.8) is 0 Å². The van der Waals surface area contributed by atoms with Crippen LogP contribution in [0.3, 0.4) is 0 Å². The molecule has 1 heterocycles. The minimum atomic E-state index is -1.01. The van der Waals surface area contributed by atoms with Crippen LogP contribution < -0.4 is 9.47 Å². The molecule has 0 atom stereocenters. The highest BCUT2D eigenvalue weighted by Crippen LogP contribution is 2.25. The Morgan fingerprint density at radius 2 is 1.85 bits per heavy atom. The summed E-state index contributed by atoms with van der Waals surface area (Å²) in [5.41, 5.74) is 3.91. The molecule has 0 aliphatic rings. The maximum Gasteiger partial charge on any atom is 0.328 e. The van der Waals surface area contributed by atoms with Gasteiger partial charge < -0.3 is 14.6 Å². The third-order valence-electron chi connectivity index (χ3n) is 5.07. The smallest absolute Gasteiger partial charge is 0.328 e. The molecular weight excluding hydrogens is 514 g/mol. The average molecular weight is 542 g/mol. The highest BCUT2D eigenvalue weighted by atomic mass is 79.9. The minimum absolute atomic E-state index is 0.538. The predicted octanol–water partition coefficient (Wildman–Crippen LogP) is 6.79. The normalized spacial score (nSPS) is 11.0. The fourth-order valence-electron chi connectivity index (χ4n) is 3.26. The number of ether oxygens (including phenoxy) is 2. The van der Waals surface area contributed by atoms with E-state index in [0.29, 0.717) is 18.1 Å². The van der Waals surface area contributed by atoms with Gasteiger partial charge in [0.15, 0.2) is 0 Å². The first-order chi connectivity index (χ1) is 16.5. The number of halogens is 1. The highest BCUT2D eigenvalue weighted by molar-refractivity contribution is 9.10. The lowest BCUT2D eigenvalue weighted by Gasteiger charge is -2.11. The quantitative estimate of drug-likeness (QED) is 0.190. The number of hydrogen-bond acceptors (Lipinski definition) is 5. The summed E-state index contributed by atoms with van der Waals surface area (Å²) in [7, 11) is 1.66. The van der Waals surface area contributed by atoms with E-state index in [0.717, 1.165) is 52.8 Å². The summed E-state index contributed by atoms with van der Waals surface area (Å²) in [4.78, 5) is 15.7. The number of carbonyl (C=O) groups is 1. The second kappa shape index (κ2) is 13.8. The maximum atomic E-state index is 11.0. The van der Waals surface area contributed by atoms with E-state index in [2.05, 4.69) is 39.1 Å². The average Bonchev–Trinajstić information content (AvgIpc) is 2.85. The van der Waals surface area contributed by atoms with Crippen LogP contribution in [-0.4, -0.2) is 29.8 Å². The van der Waals surface area contributed by atoms with Gasteiger partial charge in [0.25, 0.3) is 0 Å². The largest absolute Gasteiger partial charge is 0.497 e. The van der Waals surface area contributed by atoms with E-state index in [1.54, 1.807) is 18.9 Å². The molecule has 0 saturated heterocycles. The molecule has 0 amide bonds. The molecule has 2 aromatic carbocycles. The fourth-order valence-corrected chi connectivity index (χ4v) is 4.82. The van der Waals surface area contributed by atoms with Gasteiger partial charge in [0, 0.05) is 22.1 Å². The van der Waals surface area contributed by atoms with Gasteiger partial charge in [0.2, 0.25) is 0 Å². The first kappa shape index (κ1) is 25.8. The van der Waals surface area contributed by atoms with Crippen LogP contribution in [0, 0.1) is 0 Å². The van der Waals surface area contributed by atoms with Gasteiger partial charge >= 0.3 is 5.97 Å². The molecular formula is C27H28BrNO4S. The van der Waals surface area contributed by atoms with E-state index in [1.165, 1.54) is 17.2 Å². The molecule has 0 fully saturated rings. The van der Waals surface area contributed by atoms with Crippen LogP contribution in [0.4, 0.5) is 0 Å². The third kappa shape index (κ3) is 8.54. The zero-order valence-corrected chi connectivity index (χ0v) is 21.5. The predicted molar refractivity (Wildman–Crippen MR) is 141 cm³/mol. The summed E-state index contributed by atoms with van der Waals surface area (Å²) in [5.74, 6) is 2.02. The Labute approximate surface area is 213 Å². The van der Waals surface area contributed by atoms with Crippen molar-refractivity contribution >= 4 is 39.7 Å². The molecule has 178 valence electrons. The van der Waals surface area contributed by atoms with Crippen molar-refractivity contribution in [3.8, 4) is 11.5 Å². The highest BCUT2D eigenvalue weighted by Gasteiger charge is 2.07. The number of pyridine rings is 1. The van der Waals surface area contributed by atoms with Crippen LogP contribution in [0.2, 0.25) is 0 Å². The van der Waals surface area contributed by atoms with E-state index >= 15 is 0 Å². The van der Waals surface area contributed by atoms with Crippen LogP contribution in [0.15, 0.2) is 71.2 Å². The van der Waals surface area contributed by atoms with Crippen molar-refractivity contribution in [2.24, 2.45) is 0 Å². The van der Waals surface area contributed by atoms with E-state index in [1.807, 2.05) is 42.5 Å². The standard InChI is InChI=1S/C27H28BrNO4S/c1-32-23-12-9-20(10-13-23)6-4-5-17-33-26-15-11-22(29-25(26)14-16-27(30)31)19-34-18-21-7-2-3-8-24(21)28/h2-3,7-16H,4-6,17-19H2,1H3,(H,30,31). The van der Waals surface area contributed by atoms with E-state index in [4.69, 9.17) is 14.6 Å². The van der Waals surface area contributed by atoms with Crippen molar-refractivity contribution in [2.75, 3.05) is 13.7 Å². The molecule has 0 radical (unpaired) electrons. The second-order valence-electron chi connectivity index (χ2n) is 7.60. The lowest BCUT2D eigenvalue weighted by Crippen LogP contribution is -2.02. The Morgan fingerprint density at radius 3 is 2.59 bits per heavy atom. The Bertz CT molecular complexity index is 1100. The zero-order chi connectivity index (χ0) is 24.2. The molecule has 1 aromatic heterocycles. The molecule has 0 unspecified atom stereocenters. The molecule has 0 aliphatic carbocycles. The zero-order valence-electron chi connectivity index (χ0n) is 19.1. The Balaban J connectivity index is 1.53. The molecule has 0 aliphatic heterocycles. The summed E-state index contributed by atoms with van der Waals surface area (Å²) in [6, 6.07) is 20.1. The molecule has 0 bridgehead atoms. The number of aromatic nitrogens is 1. The Kier molecular flexibility index (Phi) is 10.5. The summed E-state index contributed by atoms with van der Waals surface area (Å²) in [6.45, 7) is 0.544. The van der Waals surface area contributed by atoms with Gasteiger partial charge in [0.1, 0.15) is 17.2 Å². The number of nitrogens with zero attached hydrogens (tertiary/aromatic N) is 1. The van der Waals surface area contributed by atoms with Crippen molar-refractivity contribution in [1.29, 1.82) is 0 Å². The third-order valence-corrected chi connectivity index (χ3v) is 6.86. The number of carboxylic acids is 1. The molecule has 7 heteroatoms. The van der Waals surface area contributed by atoms with Gasteiger partial charge in [-0.25, -0.2) is 9.78 Å². The molecule has 5 nitrogen and oxygen atoms in total. The molecule has 0 saturated carbocycles. The summed E-state index contributed by atoms with van der Waals surface area (Å²) in [5, 5.41) is 9.04. The van der Waals surface area contributed by atoms with E-state index in [-0.39, 0.29) is 0 Å². The van der Waals surface area contributed by atoms with Gasteiger partial charge in [-0.1, -0.05) is 46.3 Å². The number of aryl methyl sites for hydroxylation is 1. The van der Waals surface area contributed by atoms with E-state index in [9.17, 15) is 4.79 Å². The van der Waals surface area contributed by atoms with Crippen LogP contribution in [0.25, 0.3) is 6.08 Å². The maximum absolute atomic E-state index is 11.0. The molecule has 34 heavy (non-hydrogen) atoms. The molecule has 3 rings (SSSR count). The van der Waals surface area contributed by atoms with Crippen molar-refractivity contribution < 1.29 is 19.4 Å². The van der Waals surface area contributed by atoms with Crippen molar-refractivity contribution in [2.45, 2.75) is 30.8 Å². The Hall–Kier alpha value is -2.77. The number of methoxy groups -OCH3 is 1. The molecule has 1 N–H and O–H groups in total. The topological polar surface area (TPSA) is 68.7 Å². The number of aliphatic carboxylic acids is 1. The Morgan fingerprint density at radius 1 is 1.06 bits per heavy atom. The summed E-state index contributed by atoms with van der Waals surface area (Å²) < 4.78 is 12.2. The molecule has 3 aromatic rings. The van der Waals surface area contributed by atoms with Crippen molar-refractivity contribution in [3.05, 3.63) is 93.7 Å². The number of benzene rings is 2. The first-order valence-electron chi connectivity index (χ1n) is 11.0. The number of unbranched alkanes of at least 4 members (excludes halogenated alkanes) is 1. The second-order valence-corrected chi connectivity index (χ2v) is 9.44. The van der Waals surface area contributed by atoms with Crippen LogP contribution in [0.5, 0.6) is 11.5 Å². The summed E-state index contributed by atoms with van der Waals surface area (Å²) in [6.07, 6.45) is 5.43. The minimum Gasteiger partial charge on any atom is -0.497 e. The summed E-state index contributed by atoms with van der Waals surface area (Å²) >= 11 is 5.33. The fraction of sp³-hybridized carbons (Fsp3) is 0.259. The van der Waals surface area contributed by atoms with Gasteiger partial charge in [-0.15, -0.1) is 0 Å². The number of carboxylic acid groups (broad SMARTS) is 1. The van der Waals surface area contributed by atoms with Gasteiger partial charge in [-0.3, -0.25) is 0 Å². The number of hydrogen-bond donors (Lipinski definition) is 1. The number of rotatable bonds is 13. The SMILES string of the molecule is COc1ccc(CCCCOc2ccc(CSCc3ccccc3Br)nc2C=CC(=O)O)cc1. The van der Waals surface area contributed by atoms with Gasteiger partial charge in [-0.2, -0.15) is 11.8 Å². The van der Waals surface area contributed by atoms with Gasteiger partial charge in [-0.05, 0) is 66.8 Å². The molecule has 0 spiro atoms. The van der Waals surface area contributed by atoms with Crippen LogP contribution in [-0.2, 0) is 22.7 Å².